The molecule has 0 unspecified atom stereocenters. The van der Waals surface area contributed by atoms with Crippen LogP contribution in [0.1, 0.15) is 39.5 Å². The molecule has 0 aliphatic heterocycles. The second-order valence-electron chi connectivity index (χ2n) is 5.45. The van der Waals surface area contributed by atoms with Crippen LogP contribution >= 0.6 is 35.3 Å². The Labute approximate surface area is 154 Å². The minimum atomic E-state index is 1.22. The molecule has 124 valence electrons. The second kappa shape index (κ2) is 11.1. The van der Waals surface area contributed by atoms with Crippen molar-refractivity contribution in [1.29, 1.82) is 0 Å². The number of thioether (sulfide) groups is 2. The standard InChI is InChI=1S/C20H26S3/c1-3-5-15-21-17-7-11-19(12-8-17)23-20-13-9-18(10-14-20)22-16-6-4-2/h7-14H,3-6,15-16H2,1-2H3. The second-order valence-corrected chi connectivity index (χ2v) is 8.93. The van der Waals surface area contributed by atoms with E-state index in [0.717, 1.165) is 0 Å². The van der Waals surface area contributed by atoms with E-state index in [0.29, 0.717) is 0 Å². The van der Waals surface area contributed by atoms with Crippen LogP contribution in [0.25, 0.3) is 0 Å². The van der Waals surface area contributed by atoms with Gasteiger partial charge in [0.25, 0.3) is 0 Å². The van der Waals surface area contributed by atoms with Gasteiger partial charge in [-0.25, -0.2) is 0 Å². The van der Waals surface area contributed by atoms with E-state index in [9.17, 15) is 0 Å². The van der Waals surface area contributed by atoms with Crippen molar-refractivity contribution in [3.05, 3.63) is 48.5 Å². The SMILES string of the molecule is CCCCSc1ccc(Sc2ccc(SCCCC)cc2)cc1. The van der Waals surface area contributed by atoms with E-state index >= 15 is 0 Å². The molecule has 3 heteroatoms. The molecule has 2 aromatic rings. The molecule has 0 atom stereocenters. The molecule has 0 saturated heterocycles. The zero-order valence-corrected chi connectivity index (χ0v) is 16.5. The Morgan fingerprint density at radius 3 is 1.26 bits per heavy atom. The van der Waals surface area contributed by atoms with Gasteiger partial charge in [-0.15, -0.1) is 23.5 Å². The highest BCUT2D eigenvalue weighted by atomic mass is 32.2. The highest BCUT2D eigenvalue weighted by Gasteiger charge is 2.00. The molecular formula is C20H26S3. The highest BCUT2D eigenvalue weighted by molar-refractivity contribution is 8.00. The summed E-state index contributed by atoms with van der Waals surface area (Å²) in [6.07, 6.45) is 5.13. The zero-order valence-electron chi connectivity index (χ0n) is 14.1. The lowest BCUT2D eigenvalue weighted by Gasteiger charge is -2.05. The van der Waals surface area contributed by atoms with Crippen molar-refractivity contribution in [2.75, 3.05) is 11.5 Å². The van der Waals surface area contributed by atoms with E-state index in [2.05, 4.69) is 62.4 Å². The minimum Gasteiger partial charge on any atom is -0.126 e. The summed E-state index contributed by atoms with van der Waals surface area (Å²) in [7, 11) is 0. The third-order valence-electron chi connectivity index (χ3n) is 3.42. The van der Waals surface area contributed by atoms with E-state index in [4.69, 9.17) is 0 Å². The van der Waals surface area contributed by atoms with E-state index in [1.165, 1.54) is 56.8 Å². The van der Waals surface area contributed by atoms with E-state index < -0.39 is 0 Å². The van der Waals surface area contributed by atoms with Gasteiger partial charge in [-0.1, -0.05) is 38.5 Å². The zero-order chi connectivity index (χ0) is 16.3. The predicted octanol–water partition coefficient (Wildman–Crippen LogP) is 7.62. The Bertz CT molecular complexity index is 495. The Morgan fingerprint density at radius 1 is 0.565 bits per heavy atom. The van der Waals surface area contributed by atoms with Crippen LogP contribution in [0.3, 0.4) is 0 Å². The van der Waals surface area contributed by atoms with E-state index in [1.54, 1.807) is 0 Å². The largest absolute Gasteiger partial charge is 0.126 e. The summed E-state index contributed by atoms with van der Waals surface area (Å²) in [5, 5.41) is 0. The third-order valence-corrected chi connectivity index (χ3v) is 6.63. The summed E-state index contributed by atoms with van der Waals surface area (Å²) >= 11 is 5.76. The van der Waals surface area contributed by atoms with Gasteiger partial charge in [0.05, 0.1) is 0 Å². The first-order chi connectivity index (χ1) is 11.3. The molecule has 0 nitrogen and oxygen atoms in total. The lowest BCUT2D eigenvalue weighted by molar-refractivity contribution is 0.896. The van der Waals surface area contributed by atoms with Crippen molar-refractivity contribution in [2.45, 2.75) is 59.1 Å². The number of unbranched alkanes of at least 4 members (excludes halogenated alkanes) is 2. The first-order valence-corrected chi connectivity index (χ1v) is 11.2. The first kappa shape index (κ1) is 18.8. The smallest absolute Gasteiger partial charge is 0.0123 e. The molecule has 0 spiro atoms. The van der Waals surface area contributed by atoms with Crippen molar-refractivity contribution >= 4 is 35.3 Å². The molecular weight excluding hydrogens is 336 g/mol. The van der Waals surface area contributed by atoms with Crippen molar-refractivity contribution in [2.24, 2.45) is 0 Å². The molecule has 0 aliphatic carbocycles. The van der Waals surface area contributed by atoms with Crippen LogP contribution in [0.15, 0.2) is 68.1 Å². The Morgan fingerprint density at radius 2 is 0.913 bits per heavy atom. The van der Waals surface area contributed by atoms with Gasteiger partial charge in [0, 0.05) is 19.6 Å². The Kier molecular flexibility index (Phi) is 9.10. The van der Waals surface area contributed by atoms with Gasteiger partial charge in [-0.05, 0) is 72.9 Å². The van der Waals surface area contributed by atoms with Gasteiger partial charge in [-0.2, -0.15) is 0 Å². The van der Waals surface area contributed by atoms with E-state index in [1.807, 2.05) is 35.3 Å². The van der Waals surface area contributed by atoms with Gasteiger partial charge >= 0.3 is 0 Å². The number of hydrogen-bond donors (Lipinski definition) is 0. The van der Waals surface area contributed by atoms with Gasteiger partial charge in [0.1, 0.15) is 0 Å². The summed E-state index contributed by atoms with van der Waals surface area (Å²) in [6.45, 7) is 4.49. The maximum atomic E-state index is 2.25. The van der Waals surface area contributed by atoms with E-state index in [-0.39, 0.29) is 0 Å². The molecule has 0 heterocycles. The maximum Gasteiger partial charge on any atom is 0.0123 e. The minimum absolute atomic E-state index is 1.22. The molecule has 2 aromatic carbocycles. The monoisotopic (exact) mass is 362 g/mol. The molecule has 0 bridgehead atoms. The van der Waals surface area contributed by atoms with Gasteiger partial charge in [-0.3, -0.25) is 0 Å². The fourth-order valence-electron chi connectivity index (χ4n) is 2.01. The summed E-state index contributed by atoms with van der Waals surface area (Å²) < 4.78 is 0. The molecule has 2 rings (SSSR count). The molecule has 0 fully saturated rings. The van der Waals surface area contributed by atoms with Crippen molar-refractivity contribution < 1.29 is 0 Å². The van der Waals surface area contributed by atoms with Crippen LogP contribution < -0.4 is 0 Å². The molecule has 0 radical (unpaired) electrons. The molecule has 0 aromatic heterocycles. The van der Waals surface area contributed by atoms with Gasteiger partial charge in [0.2, 0.25) is 0 Å². The lowest BCUT2D eigenvalue weighted by Crippen LogP contribution is -1.80. The maximum absolute atomic E-state index is 2.25. The Balaban J connectivity index is 1.84. The van der Waals surface area contributed by atoms with Crippen molar-refractivity contribution in [3.8, 4) is 0 Å². The fraction of sp³-hybridized carbons (Fsp3) is 0.400. The fourth-order valence-corrected chi connectivity index (χ4v) is 4.82. The van der Waals surface area contributed by atoms with Gasteiger partial charge in [0.15, 0.2) is 0 Å². The van der Waals surface area contributed by atoms with Crippen LogP contribution in [0.5, 0.6) is 0 Å². The van der Waals surface area contributed by atoms with Crippen LogP contribution in [0.4, 0.5) is 0 Å². The molecule has 0 aliphatic rings. The molecule has 0 N–H and O–H groups in total. The summed E-state index contributed by atoms with van der Waals surface area (Å²) in [6, 6.07) is 17.9. The number of rotatable bonds is 10. The number of benzene rings is 2. The number of hydrogen-bond acceptors (Lipinski definition) is 3. The molecule has 0 amide bonds. The average molecular weight is 363 g/mol. The topological polar surface area (TPSA) is 0 Å². The quantitative estimate of drug-likeness (QED) is 0.315. The average Bonchev–Trinajstić information content (AvgIpc) is 2.58. The van der Waals surface area contributed by atoms with Crippen LogP contribution in [-0.4, -0.2) is 11.5 Å². The summed E-state index contributed by atoms with van der Waals surface area (Å²) in [5.41, 5.74) is 0. The molecule has 23 heavy (non-hydrogen) atoms. The summed E-state index contributed by atoms with van der Waals surface area (Å²) in [5.74, 6) is 2.44. The van der Waals surface area contributed by atoms with Gasteiger partial charge < -0.3 is 0 Å². The highest BCUT2D eigenvalue weighted by Crippen LogP contribution is 2.31. The lowest BCUT2D eigenvalue weighted by atomic mass is 10.4. The first-order valence-electron chi connectivity index (χ1n) is 8.45. The normalized spacial score (nSPS) is 10.9. The molecule has 0 saturated carbocycles. The van der Waals surface area contributed by atoms with Crippen LogP contribution in [0.2, 0.25) is 0 Å². The van der Waals surface area contributed by atoms with Crippen LogP contribution in [-0.2, 0) is 0 Å². The summed E-state index contributed by atoms with van der Waals surface area (Å²) in [4.78, 5) is 5.39. The van der Waals surface area contributed by atoms with Crippen LogP contribution in [0, 0.1) is 0 Å². The predicted molar refractivity (Wildman–Crippen MR) is 108 cm³/mol. The third kappa shape index (κ3) is 7.28. The van der Waals surface area contributed by atoms with Crippen molar-refractivity contribution in [3.63, 3.8) is 0 Å². The van der Waals surface area contributed by atoms with Crippen molar-refractivity contribution in [1.82, 2.24) is 0 Å². The Hall–Kier alpha value is -0.510.